The van der Waals surface area contributed by atoms with Gasteiger partial charge < -0.3 is 14.2 Å². The number of aromatic nitrogens is 2. The molecule has 4 heteroatoms. The van der Waals surface area contributed by atoms with Crippen LogP contribution in [0.3, 0.4) is 0 Å². The summed E-state index contributed by atoms with van der Waals surface area (Å²) in [6.07, 6.45) is 2.05. The molecule has 1 aromatic carbocycles. The first-order valence-electron chi connectivity index (χ1n) is 6.29. The van der Waals surface area contributed by atoms with Crippen LogP contribution in [0.5, 0.6) is 0 Å². The molecule has 2 heterocycles. The summed E-state index contributed by atoms with van der Waals surface area (Å²) in [5.41, 5.74) is 4.09. The Hall–Kier alpha value is -2.07. The first-order chi connectivity index (χ1) is 9.19. The first kappa shape index (κ1) is 12.0. The Labute approximate surface area is 111 Å². The number of nitrogens with zero attached hydrogens (tertiary/aromatic N) is 2. The highest BCUT2D eigenvalue weighted by Gasteiger charge is 2.11. The molecule has 0 aliphatic heterocycles. The fourth-order valence-electron chi connectivity index (χ4n) is 2.36. The van der Waals surface area contributed by atoms with Gasteiger partial charge in [-0.15, -0.1) is 0 Å². The van der Waals surface area contributed by atoms with Crippen molar-refractivity contribution >= 4 is 10.9 Å². The molecule has 0 aliphatic carbocycles. The zero-order valence-corrected chi connectivity index (χ0v) is 11.1. The molecule has 0 unspecified atom stereocenters. The second-order valence-electron chi connectivity index (χ2n) is 4.80. The van der Waals surface area contributed by atoms with Crippen LogP contribution in [0.25, 0.3) is 10.9 Å². The van der Waals surface area contributed by atoms with Crippen molar-refractivity contribution in [3.8, 4) is 0 Å². The van der Waals surface area contributed by atoms with E-state index in [9.17, 15) is 5.11 Å². The zero-order chi connectivity index (χ0) is 13.4. The molecule has 3 aromatic rings. The van der Waals surface area contributed by atoms with E-state index >= 15 is 0 Å². The van der Waals surface area contributed by atoms with E-state index in [1.54, 1.807) is 0 Å². The van der Waals surface area contributed by atoms with Crippen molar-refractivity contribution in [2.45, 2.75) is 27.0 Å². The lowest BCUT2D eigenvalue weighted by Gasteiger charge is -2.06. The Morgan fingerprint density at radius 3 is 2.79 bits per heavy atom. The molecule has 0 bridgehead atoms. The molecule has 98 valence electrons. The van der Waals surface area contributed by atoms with E-state index in [0.29, 0.717) is 0 Å². The largest absolute Gasteiger partial charge is 0.392 e. The molecule has 0 saturated carbocycles. The molecule has 0 fully saturated rings. The van der Waals surface area contributed by atoms with Gasteiger partial charge in [0.15, 0.2) is 0 Å². The minimum atomic E-state index is 0.0619. The summed E-state index contributed by atoms with van der Waals surface area (Å²) in [5.74, 6) is 0.859. The molecule has 0 amide bonds. The van der Waals surface area contributed by atoms with Gasteiger partial charge in [0, 0.05) is 17.3 Å². The van der Waals surface area contributed by atoms with Crippen LogP contribution in [0.2, 0.25) is 0 Å². The Morgan fingerprint density at radius 2 is 2.11 bits per heavy atom. The number of aliphatic hydroxyl groups excluding tert-OH is 1. The molecule has 0 saturated heterocycles. The monoisotopic (exact) mass is 256 g/mol. The molecule has 0 aliphatic rings. The highest BCUT2D eigenvalue weighted by atomic mass is 16.5. The second-order valence-corrected chi connectivity index (χ2v) is 4.80. The predicted molar refractivity (Wildman–Crippen MR) is 72.9 cm³/mol. The molecular weight excluding hydrogens is 240 g/mol. The maximum Gasteiger partial charge on any atom is 0.138 e. The van der Waals surface area contributed by atoms with Gasteiger partial charge in [0.1, 0.15) is 5.76 Å². The number of hydrogen-bond acceptors (Lipinski definition) is 3. The van der Waals surface area contributed by atoms with Gasteiger partial charge in [0.25, 0.3) is 0 Å². The van der Waals surface area contributed by atoms with Crippen molar-refractivity contribution in [2.75, 3.05) is 0 Å². The first-order valence-corrected chi connectivity index (χ1v) is 6.29. The van der Waals surface area contributed by atoms with E-state index in [-0.39, 0.29) is 6.61 Å². The summed E-state index contributed by atoms with van der Waals surface area (Å²) in [6.45, 7) is 4.68. The Balaban J connectivity index is 2.05. The fourth-order valence-corrected chi connectivity index (χ4v) is 2.36. The minimum Gasteiger partial charge on any atom is -0.392 e. The third kappa shape index (κ3) is 2.04. The normalized spacial score (nSPS) is 11.3. The summed E-state index contributed by atoms with van der Waals surface area (Å²) in [7, 11) is 0. The van der Waals surface area contributed by atoms with Crippen molar-refractivity contribution in [3.05, 3.63) is 53.0 Å². The fraction of sp³-hybridized carbons (Fsp3) is 0.267. The number of fused-ring (bicyclic) bond motifs is 1. The van der Waals surface area contributed by atoms with E-state index in [1.165, 1.54) is 5.39 Å². The zero-order valence-electron chi connectivity index (χ0n) is 11.1. The van der Waals surface area contributed by atoms with Gasteiger partial charge in [-0.3, -0.25) is 0 Å². The standard InChI is InChI=1S/C15H16N2O2/c1-10-14(11(2)19-16-10)8-17-6-5-13-4-3-12(9-18)7-15(13)17/h3-7,18H,8-9H2,1-2H3. The number of benzene rings is 1. The Morgan fingerprint density at radius 1 is 1.26 bits per heavy atom. The van der Waals surface area contributed by atoms with Gasteiger partial charge in [0.2, 0.25) is 0 Å². The summed E-state index contributed by atoms with van der Waals surface area (Å²) in [6, 6.07) is 8.08. The van der Waals surface area contributed by atoms with Gasteiger partial charge in [-0.1, -0.05) is 17.3 Å². The maximum absolute atomic E-state index is 9.24. The van der Waals surface area contributed by atoms with Crippen LogP contribution in [0.4, 0.5) is 0 Å². The van der Waals surface area contributed by atoms with Crippen LogP contribution in [-0.2, 0) is 13.2 Å². The number of rotatable bonds is 3. The summed E-state index contributed by atoms with van der Waals surface area (Å²) in [5, 5.41) is 14.4. The summed E-state index contributed by atoms with van der Waals surface area (Å²) in [4.78, 5) is 0. The highest BCUT2D eigenvalue weighted by Crippen LogP contribution is 2.21. The third-order valence-electron chi connectivity index (χ3n) is 3.53. The van der Waals surface area contributed by atoms with E-state index in [0.717, 1.165) is 34.6 Å². The van der Waals surface area contributed by atoms with Crippen molar-refractivity contribution in [1.82, 2.24) is 9.72 Å². The van der Waals surface area contributed by atoms with E-state index in [1.807, 2.05) is 32.0 Å². The average molecular weight is 256 g/mol. The lowest BCUT2D eigenvalue weighted by atomic mass is 10.1. The van der Waals surface area contributed by atoms with Crippen LogP contribution < -0.4 is 0 Å². The molecule has 2 aromatic heterocycles. The van der Waals surface area contributed by atoms with Crippen molar-refractivity contribution in [1.29, 1.82) is 0 Å². The lowest BCUT2D eigenvalue weighted by Crippen LogP contribution is -2.00. The quantitative estimate of drug-likeness (QED) is 0.784. The predicted octanol–water partition coefficient (Wildman–Crippen LogP) is 2.79. The van der Waals surface area contributed by atoms with Crippen LogP contribution >= 0.6 is 0 Å². The molecule has 19 heavy (non-hydrogen) atoms. The van der Waals surface area contributed by atoms with Gasteiger partial charge in [-0.05, 0) is 36.9 Å². The van der Waals surface area contributed by atoms with E-state index < -0.39 is 0 Å². The van der Waals surface area contributed by atoms with Crippen molar-refractivity contribution in [2.24, 2.45) is 0 Å². The van der Waals surface area contributed by atoms with Gasteiger partial charge in [-0.2, -0.15) is 0 Å². The van der Waals surface area contributed by atoms with Crippen LogP contribution in [0.15, 0.2) is 35.0 Å². The Bertz CT molecular complexity index is 705. The Kier molecular flexibility index (Phi) is 2.87. The summed E-state index contributed by atoms with van der Waals surface area (Å²) < 4.78 is 7.35. The maximum atomic E-state index is 9.24. The molecule has 0 radical (unpaired) electrons. The molecule has 3 rings (SSSR count). The molecule has 0 spiro atoms. The minimum absolute atomic E-state index is 0.0619. The highest BCUT2D eigenvalue weighted by molar-refractivity contribution is 5.80. The van der Waals surface area contributed by atoms with Gasteiger partial charge >= 0.3 is 0 Å². The van der Waals surface area contributed by atoms with E-state index in [4.69, 9.17) is 4.52 Å². The summed E-state index contributed by atoms with van der Waals surface area (Å²) >= 11 is 0. The van der Waals surface area contributed by atoms with Gasteiger partial charge in [-0.25, -0.2) is 0 Å². The second kappa shape index (κ2) is 4.55. The molecule has 0 atom stereocenters. The topological polar surface area (TPSA) is 51.2 Å². The smallest absolute Gasteiger partial charge is 0.138 e. The van der Waals surface area contributed by atoms with Crippen molar-refractivity contribution < 1.29 is 9.63 Å². The third-order valence-corrected chi connectivity index (χ3v) is 3.53. The van der Waals surface area contributed by atoms with Crippen LogP contribution in [-0.4, -0.2) is 14.8 Å². The van der Waals surface area contributed by atoms with Crippen molar-refractivity contribution in [3.63, 3.8) is 0 Å². The number of aryl methyl sites for hydroxylation is 2. The molecular formula is C15H16N2O2. The molecule has 1 N–H and O–H groups in total. The van der Waals surface area contributed by atoms with Crippen LogP contribution in [0, 0.1) is 13.8 Å². The van der Waals surface area contributed by atoms with Crippen LogP contribution in [0.1, 0.15) is 22.6 Å². The average Bonchev–Trinajstić information content (AvgIpc) is 2.97. The van der Waals surface area contributed by atoms with E-state index in [2.05, 4.69) is 22.0 Å². The lowest BCUT2D eigenvalue weighted by molar-refractivity contribution is 0.282. The SMILES string of the molecule is Cc1noc(C)c1Cn1ccc2ccc(CO)cc21. The number of aliphatic hydroxyl groups is 1. The molecule has 4 nitrogen and oxygen atoms in total. The number of hydrogen-bond donors (Lipinski definition) is 1. The van der Waals surface area contributed by atoms with Gasteiger partial charge in [0.05, 0.1) is 18.8 Å².